The molecule has 0 bridgehead atoms. The Kier molecular flexibility index (Phi) is 2.96. The number of benzene rings is 1. The molecule has 2 N–H and O–H groups in total. The minimum absolute atomic E-state index is 0.339. The highest BCUT2D eigenvalue weighted by atomic mass is 35.5. The van der Waals surface area contributed by atoms with Gasteiger partial charge in [0.15, 0.2) is 0 Å². The van der Waals surface area contributed by atoms with Crippen LogP contribution in [0.5, 0.6) is 0 Å². The van der Waals surface area contributed by atoms with Crippen LogP contribution in [0, 0.1) is 0 Å². The number of hydrogen-bond acceptors (Lipinski definition) is 2. The Hall–Kier alpha value is -0.990. The van der Waals surface area contributed by atoms with E-state index in [1.165, 1.54) is 0 Å². The standard InChI is InChI=1S/C12H12Cl2N2/c1-6(2)8-5-7-3-4-9(13)10(14)11(7)16-12(8)15/h3-6H,1-2H3,(H2,15,16). The first kappa shape index (κ1) is 11.5. The third-order valence-corrected chi connectivity index (χ3v) is 3.36. The van der Waals surface area contributed by atoms with Gasteiger partial charge < -0.3 is 5.73 Å². The van der Waals surface area contributed by atoms with Crippen LogP contribution < -0.4 is 5.73 Å². The Balaban J connectivity index is 2.79. The molecule has 0 aliphatic carbocycles. The number of halogens is 2. The van der Waals surface area contributed by atoms with Crippen molar-refractivity contribution in [3.8, 4) is 0 Å². The smallest absolute Gasteiger partial charge is 0.127 e. The first-order chi connectivity index (χ1) is 7.50. The molecule has 0 aliphatic rings. The van der Waals surface area contributed by atoms with Crippen LogP contribution in [0.1, 0.15) is 25.3 Å². The van der Waals surface area contributed by atoms with Crippen molar-refractivity contribution >= 4 is 39.9 Å². The van der Waals surface area contributed by atoms with Gasteiger partial charge in [-0.1, -0.05) is 43.1 Å². The predicted octanol–water partition coefficient (Wildman–Crippen LogP) is 4.25. The second kappa shape index (κ2) is 4.11. The summed E-state index contributed by atoms with van der Waals surface area (Å²) in [5.41, 5.74) is 7.59. The fourth-order valence-electron chi connectivity index (χ4n) is 1.67. The molecule has 0 aliphatic heterocycles. The third-order valence-electron chi connectivity index (χ3n) is 2.56. The lowest BCUT2D eigenvalue weighted by Crippen LogP contribution is -2.00. The van der Waals surface area contributed by atoms with Gasteiger partial charge in [-0.2, -0.15) is 0 Å². The van der Waals surface area contributed by atoms with E-state index in [0.717, 1.165) is 10.9 Å². The lowest BCUT2D eigenvalue weighted by atomic mass is 10.0. The van der Waals surface area contributed by atoms with Gasteiger partial charge in [0, 0.05) is 5.39 Å². The van der Waals surface area contributed by atoms with Crippen molar-refractivity contribution in [2.45, 2.75) is 19.8 Å². The molecule has 2 nitrogen and oxygen atoms in total. The van der Waals surface area contributed by atoms with Crippen LogP contribution in [0.2, 0.25) is 10.0 Å². The van der Waals surface area contributed by atoms with E-state index in [4.69, 9.17) is 28.9 Å². The maximum absolute atomic E-state index is 6.08. The Labute approximate surface area is 104 Å². The molecule has 4 heteroatoms. The van der Waals surface area contributed by atoms with Crippen LogP contribution >= 0.6 is 23.2 Å². The molecule has 0 fully saturated rings. The zero-order valence-electron chi connectivity index (χ0n) is 9.09. The van der Waals surface area contributed by atoms with E-state index in [0.29, 0.717) is 27.3 Å². The van der Waals surface area contributed by atoms with Crippen molar-refractivity contribution in [3.05, 3.63) is 33.8 Å². The highest BCUT2D eigenvalue weighted by molar-refractivity contribution is 6.45. The number of hydrogen-bond donors (Lipinski definition) is 1. The van der Waals surface area contributed by atoms with Crippen molar-refractivity contribution in [3.63, 3.8) is 0 Å². The minimum atomic E-state index is 0.339. The molecular weight excluding hydrogens is 243 g/mol. The second-order valence-corrected chi connectivity index (χ2v) is 4.84. The molecule has 0 saturated heterocycles. The van der Waals surface area contributed by atoms with Crippen molar-refractivity contribution in [1.29, 1.82) is 0 Å². The van der Waals surface area contributed by atoms with Crippen LogP contribution in [-0.4, -0.2) is 4.98 Å². The van der Waals surface area contributed by atoms with Crippen molar-refractivity contribution in [1.82, 2.24) is 4.98 Å². The molecule has 84 valence electrons. The van der Waals surface area contributed by atoms with Gasteiger partial charge in [-0.15, -0.1) is 0 Å². The number of nitrogens with zero attached hydrogens (tertiary/aromatic N) is 1. The lowest BCUT2D eigenvalue weighted by molar-refractivity contribution is 0.866. The SMILES string of the molecule is CC(C)c1cc2ccc(Cl)c(Cl)c2nc1N. The molecule has 0 radical (unpaired) electrons. The summed E-state index contributed by atoms with van der Waals surface area (Å²) >= 11 is 12.0. The average Bonchev–Trinajstić information content (AvgIpc) is 2.23. The number of anilines is 1. The quantitative estimate of drug-likeness (QED) is 0.827. The number of pyridine rings is 1. The van der Waals surface area contributed by atoms with Gasteiger partial charge in [0.05, 0.1) is 15.6 Å². The molecule has 0 spiro atoms. The number of aromatic nitrogens is 1. The van der Waals surface area contributed by atoms with Crippen molar-refractivity contribution < 1.29 is 0 Å². The highest BCUT2D eigenvalue weighted by Gasteiger charge is 2.11. The molecular formula is C12H12Cl2N2. The second-order valence-electron chi connectivity index (χ2n) is 4.05. The summed E-state index contributed by atoms with van der Waals surface area (Å²) in [4.78, 5) is 4.32. The van der Waals surface area contributed by atoms with E-state index in [-0.39, 0.29) is 0 Å². The average molecular weight is 255 g/mol. The molecule has 1 heterocycles. The van der Waals surface area contributed by atoms with Crippen LogP contribution in [0.3, 0.4) is 0 Å². The summed E-state index contributed by atoms with van der Waals surface area (Å²) in [6.07, 6.45) is 0. The maximum Gasteiger partial charge on any atom is 0.127 e. The summed E-state index contributed by atoms with van der Waals surface area (Å²) in [6, 6.07) is 5.70. The topological polar surface area (TPSA) is 38.9 Å². The molecule has 0 atom stereocenters. The van der Waals surface area contributed by atoms with Gasteiger partial charge in [-0.3, -0.25) is 0 Å². The normalized spacial score (nSPS) is 11.3. The third kappa shape index (κ3) is 1.83. The van der Waals surface area contributed by atoms with E-state index in [9.17, 15) is 0 Å². The van der Waals surface area contributed by atoms with E-state index in [1.54, 1.807) is 6.07 Å². The van der Waals surface area contributed by atoms with Gasteiger partial charge in [-0.05, 0) is 23.6 Å². The molecule has 0 saturated carbocycles. The summed E-state index contributed by atoms with van der Waals surface area (Å²) in [5, 5.41) is 1.92. The van der Waals surface area contributed by atoms with Crippen molar-refractivity contribution in [2.24, 2.45) is 0 Å². The predicted molar refractivity (Wildman–Crippen MR) is 70.3 cm³/mol. The number of fused-ring (bicyclic) bond motifs is 1. The van der Waals surface area contributed by atoms with Crippen LogP contribution in [0.25, 0.3) is 10.9 Å². The maximum atomic E-state index is 6.08. The van der Waals surface area contributed by atoms with Gasteiger partial charge in [0.2, 0.25) is 0 Å². The molecule has 0 unspecified atom stereocenters. The number of nitrogen functional groups attached to an aromatic ring is 1. The van der Waals surface area contributed by atoms with Gasteiger partial charge in [0.1, 0.15) is 5.82 Å². The van der Waals surface area contributed by atoms with Gasteiger partial charge in [-0.25, -0.2) is 4.98 Å². The zero-order valence-corrected chi connectivity index (χ0v) is 10.6. The number of rotatable bonds is 1. The van der Waals surface area contributed by atoms with Crippen LogP contribution in [-0.2, 0) is 0 Å². The van der Waals surface area contributed by atoms with E-state index < -0.39 is 0 Å². The van der Waals surface area contributed by atoms with Gasteiger partial charge >= 0.3 is 0 Å². The van der Waals surface area contributed by atoms with E-state index >= 15 is 0 Å². The van der Waals surface area contributed by atoms with Crippen LogP contribution in [0.4, 0.5) is 5.82 Å². The summed E-state index contributed by atoms with van der Waals surface area (Å²) in [6.45, 7) is 4.16. The Morgan fingerprint density at radius 3 is 2.56 bits per heavy atom. The fourth-order valence-corrected chi connectivity index (χ4v) is 2.04. The molecule has 2 aromatic rings. The van der Waals surface area contributed by atoms with Crippen LogP contribution in [0.15, 0.2) is 18.2 Å². The summed E-state index contributed by atoms with van der Waals surface area (Å²) < 4.78 is 0. The van der Waals surface area contributed by atoms with Gasteiger partial charge in [0.25, 0.3) is 0 Å². The molecule has 0 amide bonds. The summed E-state index contributed by atoms with van der Waals surface area (Å²) in [7, 11) is 0. The first-order valence-electron chi connectivity index (χ1n) is 5.05. The fraction of sp³-hybridized carbons (Fsp3) is 0.250. The first-order valence-corrected chi connectivity index (χ1v) is 5.80. The molecule has 1 aromatic carbocycles. The summed E-state index contributed by atoms with van der Waals surface area (Å²) in [5.74, 6) is 0.859. The number of nitrogens with two attached hydrogens (primary N) is 1. The van der Waals surface area contributed by atoms with E-state index in [1.807, 2.05) is 12.1 Å². The minimum Gasteiger partial charge on any atom is -0.383 e. The molecule has 1 aromatic heterocycles. The Morgan fingerprint density at radius 2 is 1.94 bits per heavy atom. The Bertz CT molecular complexity index is 550. The van der Waals surface area contributed by atoms with Crippen molar-refractivity contribution in [2.75, 3.05) is 5.73 Å². The van der Waals surface area contributed by atoms with E-state index in [2.05, 4.69) is 18.8 Å². The largest absolute Gasteiger partial charge is 0.383 e. The lowest BCUT2D eigenvalue weighted by Gasteiger charge is -2.11. The monoisotopic (exact) mass is 254 g/mol. The molecule has 16 heavy (non-hydrogen) atoms. The molecule has 2 rings (SSSR count). The highest BCUT2D eigenvalue weighted by Crippen LogP contribution is 2.32. The zero-order chi connectivity index (χ0) is 11.9. The Morgan fingerprint density at radius 1 is 1.25 bits per heavy atom.